The zero-order valence-electron chi connectivity index (χ0n) is 11.2. The molecule has 0 bridgehead atoms. The molecule has 0 unspecified atom stereocenters. The summed E-state index contributed by atoms with van der Waals surface area (Å²) < 4.78 is 6.27. The van der Waals surface area contributed by atoms with Gasteiger partial charge in [0.1, 0.15) is 0 Å². The molecule has 2 N–H and O–H groups in total. The van der Waals surface area contributed by atoms with Gasteiger partial charge in [-0.1, -0.05) is 46.6 Å². The Morgan fingerprint density at radius 2 is 1.86 bits per heavy atom. The van der Waals surface area contributed by atoms with Crippen LogP contribution in [0.5, 0.6) is 0 Å². The van der Waals surface area contributed by atoms with Gasteiger partial charge in [0.2, 0.25) is 0 Å². The first-order valence-electron chi connectivity index (χ1n) is 6.34. The SMILES string of the molecule is Cc1ccc(-c2c(N)noc2-c2ccc(Cl)cc2Br)cc1. The zero-order chi connectivity index (χ0) is 15.0. The highest BCUT2D eigenvalue weighted by Crippen LogP contribution is 2.40. The number of nitrogens with two attached hydrogens (primary N) is 1. The summed E-state index contributed by atoms with van der Waals surface area (Å²) in [4.78, 5) is 0. The van der Waals surface area contributed by atoms with Gasteiger partial charge in [0.05, 0.1) is 5.56 Å². The highest BCUT2D eigenvalue weighted by atomic mass is 79.9. The minimum atomic E-state index is 0.371. The van der Waals surface area contributed by atoms with Crippen LogP contribution in [0.2, 0.25) is 5.02 Å². The van der Waals surface area contributed by atoms with Crippen LogP contribution in [-0.4, -0.2) is 5.16 Å². The van der Waals surface area contributed by atoms with E-state index < -0.39 is 0 Å². The van der Waals surface area contributed by atoms with Gasteiger partial charge in [0.25, 0.3) is 0 Å². The minimum Gasteiger partial charge on any atom is -0.380 e. The Morgan fingerprint density at radius 1 is 1.14 bits per heavy atom. The van der Waals surface area contributed by atoms with Gasteiger partial charge in [-0.05, 0) is 46.6 Å². The maximum Gasteiger partial charge on any atom is 0.178 e. The van der Waals surface area contributed by atoms with E-state index in [-0.39, 0.29) is 0 Å². The third kappa shape index (κ3) is 2.69. The molecule has 3 aromatic rings. The highest BCUT2D eigenvalue weighted by molar-refractivity contribution is 9.10. The molecule has 0 spiro atoms. The standard InChI is InChI=1S/C16H12BrClN2O/c1-9-2-4-10(5-3-9)14-15(21-20-16(14)19)12-7-6-11(18)8-13(12)17/h2-8H,1H3,(H2,19,20). The zero-order valence-corrected chi connectivity index (χ0v) is 13.6. The van der Waals surface area contributed by atoms with Gasteiger partial charge in [0.15, 0.2) is 11.6 Å². The van der Waals surface area contributed by atoms with Crippen molar-refractivity contribution in [2.45, 2.75) is 6.92 Å². The highest BCUT2D eigenvalue weighted by Gasteiger charge is 2.19. The first kappa shape index (κ1) is 14.2. The summed E-state index contributed by atoms with van der Waals surface area (Å²) in [7, 11) is 0. The molecule has 0 saturated carbocycles. The lowest BCUT2D eigenvalue weighted by Crippen LogP contribution is -1.89. The molecule has 0 aliphatic carbocycles. The third-order valence-electron chi connectivity index (χ3n) is 3.23. The Labute approximate surface area is 135 Å². The molecular weight excluding hydrogens is 352 g/mol. The summed E-state index contributed by atoms with van der Waals surface area (Å²) >= 11 is 9.48. The predicted octanol–water partition coefficient (Wildman–Crippen LogP) is 5.32. The number of anilines is 1. The van der Waals surface area contributed by atoms with E-state index in [1.165, 1.54) is 5.56 Å². The van der Waals surface area contributed by atoms with Crippen molar-refractivity contribution in [3.05, 3.63) is 57.5 Å². The monoisotopic (exact) mass is 362 g/mol. The average Bonchev–Trinajstić information content (AvgIpc) is 2.82. The van der Waals surface area contributed by atoms with Crippen LogP contribution in [0.1, 0.15) is 5.56 Å². The normalized spacial score (nSPS) is 10.8. The Morgan fingerprint density at radius 3 is 2.52 bits per heavy atom. The van der Waals surface area contributed by atoms with Crippen molar-refractivity contribution in [2.24, 2.45) is 0 Å². The Bertz CT molecular complexity index is 797. The fraction of sp³-hybridized carbons (Fsp3) is 0.0625. The Hall–Kier alpha value is -1.78. The van der Waals surface area contributed by atoms with E-state index in [1.807, 2.05) is 43.3 Å². The van der Waals surface area contributed by atoms with E-state index in [9.17, 15) is 0 Å². The quantitative estimate of drug-likeness (QED) is 0.671. The van der Waals surface area contributed by atoms with Crippen LogP contribution in [0, 0.1) is 6.92 Å². The molecule has 0 atom stereocenters. The molecule has 0 amide bonds. The molecule has 1 heterocycles. The number of hydrogen-bond acceptors (Lipinski definition) is 3. The van der Waals surface area contributed by atoms with Gasteiger partial charge < -0.3 is 10.3 Å². The van der Waals surface area contributed by atoms with Crippen LogP contribution in [0.25, 0.3) is 22.5 Å². The lowest BCUT2D eigenvalue weighted by molar-refractivity contribution is 0.436. The largest absolute Gasteiger partial charge is 0.380 e. The van der Waals surface area contributed by atoms with Crippen molar-refractivity contribution >= 4 is 33.3 Å². The summed E-state index contributed by atoms with van der Waals surface area (Å²) in [5.41, 5.74) is 9.78. The lowest BCUT2D eigenvalue weighted by atomic mass is 10.0. The number of halogens is 2. The maximum atomic E-state index is 5.98. The molecule has 21 heavy (non-hydrogen) atoms. The number of aryl methyl sites for hydroxylation is 1. The molecule has 0 fully saturated rings. The second kappa shape index (κ2) is 5.54. The average molecular weight is 364 g/mol. The Kier molecular flexibility index (Phi) is 3.74. The predicted molar refractivity (Wildman–Crippen MR) is 89.2 cm³/mol. The Balaban J connectivity index is 2.19. The molecule has 5 heteroatoms. The molecule has 106 valence electrons. The third-order valence-corrected chi connectivity index (χ3v) is 4.13. The molecule has 3 nitrogen and oxygen atoms in total. The van der Waals surface area contributed by atoms with Gasteiger partial charge in [-0.25, -0.2) is 0 Å². The van der Waals surface area contributed by atoms with Crippen LogP contribution in [0.4, 0.5) is 5.82 Å². The summed E-state index contributed by atoms with van der Waals surface area (Å²) in [6.07, 6.45) is 0. The van der Waals surface area contributed by atoms with E-state index in [0.29, 0.717) is 16.6 Å². The topological polar surface area (TPSA) is 52.0 Å². The van der Waals surface area contributed by atoms with Crippen molar-refractivity contribution in [1.82, 2.24) is 5.16 Å². The summed E-state index contributed by atoms with van der Waals surface area (Å²) in [5.74, 6) is 0.996. The second-order valence-corrected chi connectivity index (χ2v) is 6.05. The van der Waals surface area contributed by atoms with Crippen LogP contribution in [0.3, 0.4) is 0 Å². The van der Waals surface area contributed by atoms with Gasteiger partial charge >= 0.3 is 0 Å². The van der Waals surface area contributed by atoms with E-state index in [1.54, 1.807) is 6.07 Å². The summed E-state index contributed by atoms with van der Waals surface area (Å²) in [6, 6.07) is 13.6. The fourth-order valence-corrected chi connectivity index (χ4v) is 3.02. The van der Waals surface area contributed by atoms with E-state index in [2.05, 4.69) is 21.1 Å². The van der Waals surface area contributed by atoms with Gasteiger partial charge in [-0.3, -0.25) is 0 Å². The minimum absolute atomic E-state index is 0.371. The first-order chi connectivity index (χ1) is 10.1. The number of nitrogen functional groups attached to an aromatic ring is 1. The maximum absolute atomic E-state index is 5.98. The summed E-state index contributed by atoms with van der Waals surface area (Å²) in [6.45, 7) is 2.04. The van der Waals surface area contributed by atoms with Crippen LogP contribution in [-0.2, 0) is 0 Å². The molecule has 0 aliphatic rings. The van der Waals surface area contributed by atoms with Crippen LogP contribution in [0.15, 0.2) is 51.5 Å². The number of rotatable bonds is 2. The van der Waals surface area contributed by atoms with Gasteiger partial charge in [-0.15, -0.1) is 0 Å². The number of hydrogen-bond donors (Lipinski definition) is 1. The van der Waals surface area contributed by atoms with Crippen molar-refractivity contribution in [1.29, 1.82) is 0 Å². The molecule has 0 saturated heterocycles. The molecular formula is C16H12BrClN2O. The second-order valence-electron chi connectivity index (χ2n) is 4.76. The van der Waals surface area contributed by atoms with Crippen LogP contribution < -0.4 is 5.73 Å². The molecule has 2 aromatic carbocycles. The van der Waals surface area contributed by atoms with E-state index in [0.717, 1.165) is 21.2 Å². The van der Waals surface area contributed by atoms with Crippen molar-refractivity contribution in [3.8, 4) is 22.5 Å². The van der Waals surface area contributed by atoms with Crippen LogP contribution >= 0.6 is 27.5 Å². The first-order valence-corrected chi connectivity index (χ1v) is 7.51. The smallest absolute Gasteiger partial charge is 0.178 e. The fourth-order valence-electron chi connectivity index (χ4n) is 2.16. The number of aromatic nitrogens is 1. The molecule has 1 aromatic heterocycles. The summed E-state index contributed by atoms with van der Waals surface area (Å²) in [5, 5.41) is 4.55. The number of nitrogens with zero attached hydrogens (tertiary/aromatic N) is 1. The van der Waals surface area contributed by atoms with Gasteiger partial charge in [-0.2, -0.15) is 0 Å². The van der Waals surface area contributed by atoms with Crippen molar-refractivity contribution in [3.63, 3.8) is 0 Å². The lowest BCUT2D eigenvalue weighted by Gasteiger charge is -2.05. The van der Waals surface area contributed by atoms with Gasteiger partial charge in [0, 0.05) is 15.1 Å². The van der Waals surface area contributed by atoms with Crippen molar-refractivity contribution in [2.75, 3.05) is 5.73 Å². The van der Waals surface area contributed by atoms with E-state index >= 15 is 0 Å². The molecule has 3 rings (SSSR count). The number of benzene rings is 2. The van der Waals surface area contributed by atoms with Crippen molar-refractivity contribution < 1.29 is 4.52 Å². The molecule has 0 radical (unpaired) electrons. The van der Waals surface area contributed by atoms with E-state index in [4.69, 9.17) is 21.9 Å². The molecule has 0 aliphatic heterocycles.